The molecule has 0 spiro atoms. The molecule has 2 aromatic rings. The summed E-state index contributed by atoms with van der Waals surface area (Å²) in [4.78, 5) is 19.2. The van der Waals surface area contributed by atoms with Gasteiger partial charge in [0.05, 0.1) is 19.0 Å². The highest BCUT2D eigenvalue weighted by molar-refractivity contribution is 6.30. The summed E-state index contributed by atoms with van der Waals surface area (Å²) in [6.45, 7) is 2.89. The van der Waals surface area contributed by atoms with Gasteiger partial charge in [-0.1, -0.05) is 11.6 Å². The van der Waals surface area contributed by atoms with Crippen molar-refractivity contribution in [2.24, 2.45) is 0 Å². The SMILES string of the molecule is COCCCN1CCC(NC(=O)Nc2ccc(Cl)cc2)C(c2ncc(OC)cc2F)C1. The van der Waals surface area contributed by atoms with Crippen LogP contribution in [0, 0.1) is 5.82 Å². The highest BCUT2D eigenvalue weighted by Crippen LogP contribution is 2.29. The van der Waals surface area contributed by atoms with Crippen LogP contribution in [-0.2, 0) is 4.74 Å². The number of piperidine rings is 1. The number of pyridine rings is 1. The number of aromatic nitrogens is 1. The van der Waals surface area contributed by atoms with Gasteiger partial charge in [-0.15, -0.1) is 0 Å². The maximum absolute atomic E-state index is 14.8. The zero-order valence-electron chi connectivity index (χ0n) is 17.7. The fourth-order valence-electron chi connectivity index (χ4n) is 3.79. The first-order valence-electron chi connectivity index (χ1n) is 10.2. The largest absolute Gasteiger partial charge is 0.495 e. The van der Waals surface area contributed by atoms with Gasteiger partial charge in [0.25, 0.3) is 0 Å². The lowest BCUT2D eigenvalue weighted by Gasteiger charge is -2.38. The molecule has 2 heterocycles. The molecule has 0 aliphatic carbocycles. The van der Waals surface area contributed by atoms with Gasteiger partial charge in [-0.25, -0.2) is 9.18 Å². The first kappa shape index (κ1) is 23.2. The molecular formula is C22H28ClFN4O3. The van der Waals surface area contributed by atoms with Crippen LogP contribution in [0.15, 0.2) is 36.5 Å². The number of ether oxygens (including phenoxy) is 2. The molecule has 1 fully saturated rings. The van der Waals surface area contributed by atoms with Gasteiger partial charge in [0.15, 0.2) is 0 Å². The van der Waals surface area contributed by atoms with E-state index in [9.17, 15) is 9.18 Å². The number of amides is 2. The standard InChI is InChI=1S/C22H28ClFN4O3/c1-30-11-3-9-28-10-8-20(27-22(29)26-16-6-4-15(23)5-7-16)18(14-28)21-19(24)12-17(31-2)13-25-21/h4-7,12-13,18,20H,3,8-11,14H2,1-2H3,(H2,26,27,29). The third-order valence-electron chi connectivity index (χ3n) is 5.37. The van der Waals surface area contributed by atoms with Gasteiger partial charge in [-0.05, 0) is 37.1 Å². The summed E-state index contributed by atoms with van der Waals surface area (Å²) in [5, 5.41) is 6.39. The molecule has 2 amide bonds. The molecule has 7 nitrogen and oxygen atoms in total. The first-order valence-corrected chi connectivity index (χ1v) is 10.6. The monoisotopic (exact) mass is 450 g/mol. The number of nitrogens with one attached hydrogen (secondary N) is 2. The van der Waals surface area contributed by atoms with E-state index in [0.717, 1.165) is 19.5 Å². The van der Waals surface area contributed by atoms with E-state index < -0.39 is 5.82 Å². The van der Waals surface area contributed by atoms with Crippen molar-refractivity contribution in [2.45, 2.75) is 24.8 Å². The van der Waals surface area contributed by atoms with Crippen LogP contribution < -0.4 is 15.4 Å². The fourth-order valence-corrected chi connectivity index (χ4v) is 3.92. The fraction of sp³-hybridized carbons (Fsp3) is 0.455. The van der Waals surface area contributed by atoms with Crippen molar-refractivity contribution in [1.82, 2.24) is 15.2 Å². The molecule has 168 valence electrons. The summed E-state index contributed by atoms with van der Waals surface area (Å²) in [5.41, 5.74) is 0.957. The number of likely N-dealkylation sites (tertiary alicyclic amines) is 1. The Balaban J connectivity index is 1.73. The van der Waals surface area contributed by atoms with Crippen LogP contribution in [0.4, 0.5) is 14.9 Å². The predicted molar refractivity (Wildman–Crippen MR) is 118 cm³/mol. The van der Waals surface area contributed by atoms with Gasteiger partial charge in [0.1, 0.15) is 11.6 Å². The second kappa shape index (κ2) is 11.3. The van der Waals surface area contributed by atoms with E-state index in [0.29, 0.717) is 41.7 Å². The number of hydrogen-bond acceptors (Lipinski definition) is 5. The maximum Gasteiger partial charge on any atom is 0.319 e. The van der Waals surface area contributed by atoms with Crippen molar-refractivity contribution in [2.75, 3.05) is 45.8 Å². The number of halogens is 2. The van der Waals surface area contributed by atoms with Gasteiger partial charge in [0, 0.05) is 62.1 Å². The van der Waals surface area contributed by atoms with E-state index in [2.05, 4.69) is 20.5 Å². The summed E-state index contributed by atoms with van der Waals surface area (Å²) >= 11 is 5.89. The van der Waals surface area contributed by atoms with E-state index in [-0.39, 0.29) is 18.0 Å². The number of hydrogen-bond donors (Lipinski definition) is 2. The Hall–Kier alpha value is -2.42. The van der Waals surface area contributed by atoms with Gasteiger partial charge in [0.2, 0.25) is 0 Å². The quantitative estimate of drug-likeness (QED) is 0.596. The van der Waals surface area contributed by atoms with Gasteiger partial charge >= 0.3 is 6.03 Å². The molecule has 1 aliphatic heterocycles. The van der Waals surface area contributed by atoms with E-state index in [4.69, 9.17) is 21.1 Å². The third-order valence-corrected chi connectivity index (χ3v) is 5.62. The average Bonchev–Trinajstić information content (AvgIpc) is 2.76. The number of urea groups is 1. The number of rotatable bonds is 8. The van der Waals surface area contributed by atoms with Gasteiger partial charge in [-0.2, -0.15) is 0 Å². The van der Waals surface area contributed by atoms with Crippen molar-refractivity contribution in [1.29, 1.82) is 0 Å². The Morgan fingerprint density at radius 2 is 2.10 bits per heavy atom. The van der Waals surface area contributed by atoms with Crippen LogP contribution in [0.2, 0.25) is 5.02 Å². The highest BCUT2D eigenvalue weighted by Gasteiger charge is 2.34. The van der Waals surface area contributed by atoms with E-state index >= 15 is 0 Å². The molecule has 0 bridgehead atoms. The number of carbonyl (C=O) groups excluding carboxylic acids is 1. The Morgan fingerprint density at radius 1 is 1.32 bits per heavy atom. The summed E-state index contributed by atoms with van der Waals surface area (Å²) in [6, 6.07) is 7.58. The Labute approximate surface area is 186 Å². The normalized spacial score (nSPS) is 19.1. The molecule has 31 heavy (non-hydrogen) atoms. The molecular weight excluding hydrogens is 423 g/mol. The molecule has 2 N–H and O–H groups in total. The minimum absolute atomic E-state index is 0.263. The Kier molecular flexibility index (Phi) is 8.45. The minimum Gasteiger partial charge on any atom is -0.495 e. The van der Waals surface area contributed by atoms with Crippen molar-refractivity contribution in [3.8, 4) is 5.75 Å². The highest BCUT2D eigenvalue weighted by atomic mass is 35.5. The molecule has 9 heteroatoms. The van der Waals surface area contributed by atoms with Gasteiger partial charge in [-0.3, -0.25) is 4.98 Å². The van der Waals surface area contributed by atoms with Crippen molar-refractivity contribution in [3.63, 3.8) is 0 Å². The third kappa shape index (κ3) is 6.53. The van der Waals surface area contributed by atoms with Crippen LogP contribution in [0.5, 0.6) is 5.75 Å². The molecule has 1 saturated heterocycles. The molecule has 0 radical (unpaired) electrons. The Bertz CT molecular complexity index is 868. The summed E-state index contributed by atoms with van der Waals surface area (Å²) in [7, 11) is 3.15. The molecule has 0 saturated carbocycles. The molecule has 2 unspecified atom stereocenters. The zero-order valence-corrected chi connectivity index (χ0v) is 18.5. The molecule has 1 aliphatic rings. The molecule has 1 aromatic carbocycles. The second-order valence-electron chi connectivity index (χ2n) is 7.50. The number of benzene rings is 1. The van der Waals surface area contributed by atoms with Gasteiger partial charge < -0.3 is 25.0 Å². The van der Waals surface area contributed by atoms with Crippen LogP contribution in [0.1, 0.15) is 24.5 Å². The summed E-state index contributed by atoms with van der Waals surface area (Å²) < 4.78 is 25.0. The summed E-state index contributed by atoms with van der Waals surface area (Å²) in [5.74, 6) is -0.370. The van der Waals surface area contributed by atoms with Crippen LogP contribution in [0.3, 0.4) is 0 Å². The smallest absolute Gasteiger partial charge is 0.319 e. The number of methoxy groups -OCH3 is 2. The minimum atomic E-state index is -0.437. The molecule has 3 rings (SSSR count). The van der Waals surface area contributed by atoms with E-state index in [1.54, 1.807) is 31.4 Å². The molecule has 2 atom stereocenters. The lowest BCUT2D eigenvalue weighted by Crippen LogP contribution is -2.51. The van der Waals surface area contributed by atoms with Crippen LogP contribution in [0.25, 0.3) is 0 Å². The lowest BCUT2D eigenvalue weighted by molar-refractivity contribution is 0.141. The number of carbonyl (C=O) groups is 1. The first-order chi connectivity index (χ1) is 15.0. The van der Waals surface area contributed by atoms with Crippen molar-refractivity contribution < 1.29 is 18.7 Å². The lowest BCUT2D eigenvalue weighted by atomic mass is 9.88. The Morgan fingerprint density at radius 3 is 2.77 bits per heavy atom. The van der Waals surface area contributed by atoms with Crippen LogP contribution >= 0.6 is 11.6 Å². The zero-order chi connectivity index (χ0) is 22.2. The average molecular weight is 451 g/mol. The van der Waals surface area contributed by atoms with Crippen molar-refractivity contribution in [3.05, 3.63) is 53.1 Å². The maximum atomic E-state index is 14.8. The number of anilines is 1. The van der Waals surface area contributed by atoms with E-state index in [1.807, 2.05) is 0 Å². The van der Waals surface area contributed by atoms with Crippen LogP contribution in [-0.4, -0.2) is 62.4 Å². The molecule has 1 aromatic heterocycles. The van der Waals surface area contributed by atoms with E-state index in [1.165, 1.54) is 19.4 Å². The summed E-state index contributed by atoms with van der Waals surface area (Å²) in [6.07, 6.45) is 3.07. The topological polar surface area (TPSA) is 75.7 Å². The number of nitrogens with zero attached hydrogens (tertiary/aromatic N) is 2. The second-order valence-corrected chi connectivity index (χ2v) is 7.93. The predicted octanol–water partition coefficient (Wildman–Crippen LogP) is 3.90. The van der Waals surface area contributed by atoms with Crippen molar-refractivity contribution >= 4 is 23.3 Å².